The Labute approximate surface area is 134 Å². The van der Waals surface area contributed by atoms with E-state index in [-0.39, 0.29) is 68.6 Å². The van der Waals surface area contributed by atoms with Gasteiger partial charge in [-0.15, -0.1) is 0 Å². The van der Waals surface area contributed by atoms with Gasteiger partial charge in [-0.2, -0.15) is 0 Å². The molecule has 0 spiro atoms. The predicted octanol–water partition coefficient (Wildman–Crippen LogP) is -7.63. The second-order valence-corrected chi connectivity index (χ2v) is 3.40. The van der Waals surface area contributed by atoms with Crippen LogP contribution in [0.4, 0.5) is 0 Å². The first-order valence-electron chi connectivity index (χ1n) is 2.59. The van der Waals surface area contributed by atoms with Gasteiger partial charge in [0.2, 0.25) is 0 Å². The third kappa shape index (κ3) is 685. The Bertz CT molecular complexity index is 157. The summed E-state index contributed by atoms with van der Waals surface area (Å²) in [6, 6.07) is 0. The maximum absolute atomic E-state index is 8.88. The monoisotopic (exact) mass is 290 g/mol. The molecule has 15 heavy (non-hydrogen) atoms. The van der Waals surface area contributed by atoms with Gasteiger partial charge in [-0.3, -0.25) is 0 Å². The molecular formula is C2H14Na2O9P2. The van der Waals surface area contributed by atoms with E-state index in [1.807, 2.05) is 0 Å². The molecule has 9 nitrogen and oxygen atoms in total. The van der Waals surface area contributed by atoms with E-state index in [1.54, 1.807) is 6.92 Å². The quantitative estimate of drug-likeness (QED) is 0.169. The van der Waals surface area contributed by atoms with E-state index in [0.29, 0.717) is 0 Å². The van der Waals surface area contributed by atoms with Crippen LogP contribution in [0.2, 0.25) is 0 Å². The van der Waals surface area contributed by atoms with Crippen molar-refractivity contribution in [2.24, 2.45) is 0 Å². The minimum Gasteiger partial charge on any atom is -1.00 e. The molecule has 0 bridgehead atoms. The Balaban J connectivity index is -0.0000000162. The van der Waals surface area contributed by atoms with Crippen LogP contribution in [0, 0.1) is 0 Å². The Morgan fingerprint density at radius 1 is 0.867 bits per heavy atom. The Hall–Kier alpha value is 2.18. The molecule has 0 aliphatic carbocycles. The summed E-state index contributed by atoms with van der Waals surface area (Å²) in [5.41, 5.74) is 0. The maximum atomic E-state index is 8.88. The molecule has 0 amide bonds. The summed E-state index contributed by atoms with van der Waals surface area (Å²) in [5.74, 6) is 0. The van der Waals surface area contributed by atoms with Crippen molar-refractivity contribution < 1.29 is 106 Å². The molecule has 0 radical (unpaired) electrons. The second-order valence-electron chi connectivity index (χ2n) is 1.34. The van der Waals surface area contributed by atoms with Crippen LogP contribution < -0.4 is 59.1 Å². The number of aliphatic hydroxyl groups excluding tert-OH is 1. The van der Waals surface area contributed by atoms with Gasteiger partial charge >= 0.3 is 74.8 Å². The molecule has 0 aliphatic rings. The summed E-state index contributed by atoms with van der Waals surface area (Å²) in [7, 11) is -9.28. The van der Waals surface area contributed by atoms with Crippen LogP contribution in [-0.2, 0) is 9.13 Å². The number of aliphatic hydroxyl groups is 1. The molecule has 0 heterocycles. The van der Waals surface area contributed by atoms with Crippen molar-refractivity contribution in [1.82, 2.24) is 0 Å². The number of rotatable bonds is 0. The molecule has 0 unspecified atom stereocenters. The molecule has 0 aromatic heterocycles. The fourth-order valence-electron chi connectivity index (χ4n) is 0. The van der Waals surface area contributed by atoms with Gasteiger partial charge in [0.25, 0.3) is 0 Å². The van der Waals surface area contributed by atoms with Gasteiger partial charge in [-0.05, 0) is 6.92 Å². The zero-order valence-corrected chi connectivity index (χ0v) is 14.3. The molecule has 88 valence electrons. The summed E-state index contributed by atoms with van der Waals surface area (Å²) < 4.78 is 17.8. The van der Waals surface area contributed by atoms with Crippen molar-refractivity contribution in [1.29, 1.82) is 0 Å². The van der Waals surface area contributed by atoms with Gasteiger partial charge in [0, 0.05) is 6.61 Å². The van der Waals surface area contributed by atoms with Crippen LogP contribution in [0.1, 0.15) is 9.78 Å². The average molecular weight is 290 g/mol. The molecule has 0 aromatic carbocycles. The van der Waals surface area contributed by atoms with Crippen molar-refractivity contribution in [2.75, 3.05) is 6.61 Å². The van der Waals surface area contributed by atoms with Gasteiger partial charge < -0.3 is 37.3 Å². The zero-order valence-electron chi connectivity index (χ0n) is 10.5. The predicted molar refractivity (Wildman–Crippen MR) is 43.5 cm³/mol. The van der Waals surface area contributed by atoms with Crippen LogP contribution in [-0.4, -0.2) is 41.1 Å². The van der Waals surface area contributed by atoms with E-state index in [4.69, 9.17) is 43.6 Å². The SMILES string of the molecule is CCO.O=P(O)(O)O.O=P(O)(O)O.[H-].[H-].[Na+].[Na+]. The summed E-state index contributed by atoms with van der Waals surface area (Å²) in [4.78, 5) is 43.1. The van der Waals surface area contributed by atoms with Gasteiger partial charge in [-0.25, -0.2) is 9.13 Å². The molecule has 0 aliphatic heterocycles. The minimum atomic E-state index is -4.64. The van der Waals surface area contributed by atoms with E-state index in [9.17, 15) is 0 Å². The zero-order chi connectivity index (χ0) is 11.7. The largest absolute Gasteiger partial charge is 1.00 e. The average Bonchev–Trinajstić information content (AvgIpc) is 1.52. The number of phosphoric acid groups is 2. The van der Waals surface area contributed by atoms with E-state index < -0.39 is 15.6 Å². The van der Waals surface area contributed by atoms with E-state index in [1.165, 1.54) is 0 Å². The Kier molecular flexibility index (Phi) is 32.7. The van der Waals surface area contributed by atoms with Crippen molar-refractivity contribution in [2.45, 2.75) is 6.92 Å². The first-order chi connectivity index (χ1) is 5.41. The van der Waals surface area contributed by atoms with Crippen molar-refractivity contribution in [3.05, 3.63) is 0 Å². The molecule has 7 N–H and O–H groups in total. The Morgan fingerprint density at radius 2 is 0.867 bits per heavy atom. The summed E-state index contributed by atoms with van der Waals surface area (Å²) >= 11 is 0. The topological polar surface area (TPSA) is 176 Å². The molecule has 0 saturated heterocycles. The molecule has 0 atom stereocenters. The molecule has 13 heteroatoms. The van der Waals surface area contributed by atoms with Gasteiger partial charge in [0.05, 0.1) is 0 Å². The smallest absolute Gasteiger partial charge is 1.00 e. The summed E-state index contributed by atoms with van der Waals surface area (Å²) in [5, 5.41) is 7.57. The molecular weight excluding hydrogens is 276 g/mol. The second kappa shape index (κ2) is 16.2. The van der Waals surface area contributed by atoms with E-state index in [0.717, 1.165) is 0 Å². The van der Waals surface area contributed by atoms with Crippen molar-refractivity contribution >= 4 is 15.6 Å². The van der Waals surface area contributed by atoms with Crippen molar-refractivity contribution in [3.63, 3.8) is 0 Å². The van der Waals surface area contributed by atoms with Crippen LogP contribution in [0.15, 0.2) is 0 Å². The van der Waals surface area contributed by atoms with E-state index in [2.05, 4.69) is 0 Å². The first-order valence-corrected chi connectivity index (χ1v) is 5.72. The number of hydrogen-bond acceptors (Lipinski definition) is 3. The Morgan fingerprint density at radius 3 is 0.867 bits per heavy atom. The first kappa shape index (κ1) is 30.3. The van der Waals surface area contributed by atoms with Gasteiger partial charge in [-0.1, -0.05) is 0 Å². The number of hydrogen-bond donors (Lipinski definition) is 7. The van der Waals surface area contributed by atoms with Crippen LogP contribution in [0.5, 0.6) is 0 Å². The van der Waals surface area contributed by atoms with Crippen LogP contribution in [0.3, 0.4) is 0 Å². The van der Waals surface area contributed by atoms with E-state index >= 15 is 0 Å². The fraction of sp³-hybridized carbons (Fsp3) is 1.00. The normalized spacial score (nSPS) is 9.07. The van der Waals surface area contributed by atoms with Gasteiger partial charge in [0.1, 0.15) is 0 Å². The minimum absolute atomic E-state index is 0. The fourth-order valence-corrected chi connectivity index (χ4v) is 0. The van der Waals surface area contributed by atoms with Crippen LogP contribution >= 0.6 is 15.6 Å². The molecule has 0 rings (SSSR count). The molecule has 0 aromatic rings. The van der Waals surface area contributed by atoms with Crippen molar-refractivity contribution in [3.8, 4) is 0 Å². The molecule has 0 saturated carbocycles. The van der Waals surface area contributed by atoms with Gasteiger partial charge in [0.15, 0.2) is 0 Å². The third-order valence-electron chi connectivity index (χ3n) is 0. The summed E-state index contributed by atoms with van der Waals surface area (Å²) in [6.45, 7) is 1.93. The third-order valence-corrected chi connectivity index (χ3v) is 0. The standard InChI is InChI=1S/C2H6O.2Na.2H3O4P.2H/c1-2-3;;;2*1-5(2,3)4;;/h3H,2H2,1H3;;;2*(H3,1,2,3,4);;/q;2*+1;;;2*-1. The molecule has 0 fully saturated rings. The summed E-state index contributed by atoms with van der Waals surface area (Å²) in [6.07, 6.45) is 0. The maximum Gasteiger partial charge on any atom is 1.00 e. The van der Waals surface area contributed by atoms with Crippen LogP contribution in [0.25, 0.3) is 0 Å².